The van der Waals surface area contributed by atoms with Gasteiger partial charge in [-0.1, -0.05) is 13.8 Å². The lowest BCUT2D eigenvalue weighted by Crippen LogP contribution is -2.27. The summed E-state index contributed by atoms with van der Waals surface area (Å²) < 4.78 is 23.7. The lowest BCUT2D eigenvalue weighted by molar-refractivity contribution is 0.325. The van der Waals surface area contributed by atoms with Gasteiger partial charge in [0.15, 0.2) is 9.84 Å². The second-order valence-corrected chi connectivity index (χ2v) is 8.09. The molecule has 0 bridgehead atoms. The van der Waals surface area contributed by atoms with E-state index in [4.69, 9.17) is 0 Å². The Kier molecular flexibility index (Phi) is 3.85. The van der Waals surface area contributed by atoms with Crippen LogP contribution in [0.2, 0.25) is 0 Å². The fourth-order valence-electron chi connectivity index (χ4n) is 2.54. The van der Waals surface area contributed by atoms with E-state index in [1.54, 1.807) is 18.3 Å². The van der Waals surface area contributed by atoms with Crippen LogP contribution in [0.3, 0.4) is 0 Å². The van der Waals surface area contributed by atoms with Gasteiger partial charge in [0, 0.05) is 25.5 Å². The minimum absolute atomic E-state index is 0.328. The van der Waals surface area contributed by atoms with Crippen molar-refractivity contribution in [3.8, 4) is 0 Å². The topological polar surface area (TPSA) is 50.3 Å². The second-order valence-electron chi connectivity index (χ2n) is 6.10. The Morgan fingerprint density at radius 3 is 2.68 bits per heavy atom. The highest BCUT2D eigenvalue weighted by molar-refractivity contribution is 7.90. The fraction of sp³-hybridized carbons (Fsp3) is 0.643. The van der Waals surface area contributed by atoms with Crippen LogP contribution in [0.5, 0.6) is 0 Å². The molecule has 0 aliphatic carbocycles. The van der Waals surface area contributed by atoms with E-state index < -0.39 is 9.84 Å². The van der Waals surface area contributed by atoms with E-state index in [1.807, 2.05) is 0 Å². The summed E-state index contributed by atoms with van der Waals surface area (Å²) in [4.78, 5) is 6.76. The molecule has 1 saturated heterocycles. The van der Waals surface area contributed by atoms with Crippen molar-refractivity contribution >= 4 is 15.7 Å². The van der Waals surface area contributed by atoms with Crippen LogP contribution in [0.25, 0.3) is 0 Å². The van der Waals surface area contributed by atoms with Crippen LogP contribution in [0.4, 0.5) is 5.82 Å². The molecule has 1 aromatic rings. The Morgan fingerprint density at radius 1 is 1.26 bits per heavy atom. The molecule has 106 valence electrons. The lowest BCUT2D eigenvalue weighted by atomic mass is 9.85. The zero-order valence-electron chi connectivity index (χ0n) is 11.9. The van der Waals surface area contributed by atoms with Gasteiger partial charge in [0.2, 0.25) is 0 Å². The first-order valence-corrected chi connectivity index (χ1v) is 8.59. The number of pyridine rings is 1. The number of hydrogen-bond acceptors (Lipinski definition) is 4. The maximum absolute atomic E-state index is 11.8. The van der Waals surface area contributed by atoms with Crippen LogP contribution in [0.15, 0.2) is 23.2 Å². The van der Waals surface area contributed by atoms with Gasteiger partial charge >= 0.3 is 0 Å². The summed E-state index contributed by atoms with van der Waals surface area (Å²) in [5, 5.41) is 0. The first-order chi connectivity index (χ1) is 8.80. The molecule has 0 saturated carbocycles. The molecular weight excluding hydrogens is 260 g/mol. The second kappa shape index (κ2) is 5.12. The molecule has 1 aliphatic heterocycles. The Labute approximate surface area is 115 Å². The van der Waals surface area contributed by atoms with E-state index in [1.165, 1.54) is 12.7 Å². The molecule has 0 atom stereocenters. The number of hydrogen-bond donors (Lipinski definition) is 0. The molecule has 2 heterocycles. The molecule has 2 rings (SSSR count). The number of nitrogens with zero attached hydrogens (tertiary/aromatic N) is 2. The van der Waals surface area contributed by atoms with E-state index in [0.29, 0.717) is 16.1 Å². The van der Waals surface area contributed by atoms with Crippen molar-refractivity contribution in [3.05, 3.63) is 18.3 Å². The Hall–Kier alpha value is -1.10. The molecule has 0 amide bonds. The third-order valence-corrected chi connectivity index (χ3v) is 4.91. The standard InChI is InChI=1S/C14H22N2O2S/c1-14(2)7-5-10-16(11-8-14)13-12(19(3,17)18)6-4-9-15-13/h4,6,9H,5,7-8,10-11H2,1-3H3. The maximum Gasteiger partial charge on any atom is 0.179 e. The quantitative estimate of drug-likeness (QED) is 0.836. The van der Waals surface area contributed by atoms with Gasteiger partial charge in [-0.2, -0.15) is 0 Å². The molecule has 4 nitrogen and oxygen atoms in total. The third-order valence-electron chi connectivity index (χ3n) is 3.79. The highest BCUT2D eigenvalue weighted by Gasteiger charge is 2.26. The summed E-state index contributed by atoms with van der Waals surface area (Å²) in [6, 6.07) is 3.33. The maximum atomic E-state index is 11.8. The Bertz CT molecular complexity index is 552. The van der Waals surface area contributed by atoms with Crippen LogP contribution in [-0.4, -0.2) is 32.7 Å². The minimum Gasteiger partial charge on any atom is -0.356 e. The molecule has 0 radical (unpaired) electrons. The SMILES string of the molecule is CC1(C)CCCN(c2ncccc2S(C)(=O)=O)CC1. The smallest absolute Gasteiger partial charge is 0.179 e. The number of anilines is 1. The van der Waals surface area contributed by atoms with Gasteiger partial charge in [0.1, 0.15) is 10.7 Å². The molecule has 0 aromatic carbocycles. The summed E-state index contributed by atoms with van der Waals surface area (Å²) in [6.07, 6.45) is 6.22. The summed E-state index contributed by atoms with van der Waals surface area (Å²) >= 11 is 0. The minimum atomic E-state index is -3.23. The summed E-state index contributed by atoms with van der Waals surface area (Å²) in [5.41, 5.74) is 0.328. The molecule has 1 fully saturated rings. The first-order valence-electron chi connectivity index (χ1n) is 6.70. The molecule has 5 heteroatoms. The molecular formula is C14H22N2O2S. The van der Waals surface area contributed by atoms with Gasteiger partial charge in [0.05, 0.1) is 0 Å². The van der Waals surface area contributed by atoms with Gasteiger partial charge in [0.25, 0.3) is 0 Å². The van der Waals surface area contributed by atoms with Crippen LogP contribution in [-0.2, 0) is 9.84 Å². The van der Waals surface area contributed by atoms with Crippen molar-refractivity contribution < 1.29 is 8.42 Å². The predicted molar refractivity (Wildman–Crippen MR) is 77.2 cm³/mol. The number of aromatic nitrogens is 1. The monoisotopic (exact) mass is 282 g/mol. The summed E-state index contributed by atoms with van der Waals surface area (Å²) in [7, 11) is -3.23. The zero-order valence-corrected chi connectivity index (χ0v) is 12.7. The van der Waals surface area contributed by atoms with Gasteiger partial charge < -0.3 is 4.90 Å². The average molecular weight is 282 g/mol. The van der Waals surface area contributed by atoms with E-state index in [9.17, 15) is 8.42 Å². The van der Waals surface area contributed by atoms with Crippen molar-refractivity contribution in [3.63, 3.8) is 0 Å². The van der Waals surface area contributed by atoms with Crippen molar-refractivity contribution in [1.29, 1.82) is 0 Å². The van der Waals surface area contributed by atoms with Gasteiger partial charge in [-0.15, -0.1) is 0 Å². The largest absolute Gasteiger partial charge is 0.356 e. The predicted octanol–water partition coefficient (Wildman–Crippen LogP) is 2.50. The molecule has 0 N–H and O–H groups in total. The van der Waals surface area contributed by atoms with Gasteiger partial charge in [-0.25, -0.2) is 13.4 Å². The summed E-state index contributed by atoms with van der Waals surface area (Å²) in [6.45, 7) is 6.29. The molecule has 0 unspecified atom stereocenters. The van der Waals surface area contributed by atoms with Crippen LogP contribution < -0.4 is 4.90 Å². The lowest BCUT2D eigenvalue weighted by Gasteiger charge is -2.25. The van der Waals surface area contributed by atoms with Crippen molar-refractivity contribution in [2.24, 2.45) is 5.41 Å². The Balaban J connectivity index is 2.32. The van der Waals surface area contributed by atoms with Gasteiger partial charge in [-0.05, 0) is 36.8 Å². The Morgan fingerprint density at radius 2 is 2.00 bits per heavy atom. The number of sulfone groups is 1. The normalized spacial score (nSPS) is 20.1. The van der Waals surface area contributed by atoms with Gasteiger partial charge in [-0.3, -0.25) is 0 Å². The van der Waals surface area contributed by atoms with Crippen LogP contribution in [0.1, 0.15) is 33.1 Å². The van der Waals surface area contributed by atoms with E-state index in [0.717, 1.165) is 25.9 Å². The molecule has 0 spiro atoms. The zero-order chi connectivity index (χ0) is 14.1. The van der Waals surface area contributed by atoms with Crippen molar-refractivity contribution in [1.82, 2.24) is 4.98 Å². The highest BCUT2D eigenvalue weighted by Crippen LogP contribution is 2.32. The first kappa shape index (κ1) is 14.3. The average Bonchev–Trinajstić information content (AvgIpc) is 2.49. The summed E-state index contributed by atoms with van der Waals surface area (Å²) in [5.74, 6) is 0.614. The van der Waals surface area contributed by atoms with E-state index in [-0.39, 0.29) is 0 Å². The molecule has 19 heavy (non-hydrogen) atoms. The van der Waals surface area contributed by atoms with Crippen molar-refractivity contribution in [2.45, 2.75) is 38.0 Å². The van der Waals surface area contributed by atoms with E-state index >= 15 is 0 Å². The third kappa shape index (κ3) is 3.47. The van der Waals surface area contributed by atoms with Crippen LogP contribution in [0, 0.1) is 5.41 Å². The number of rotatable bonds is 2. The van der Waals surface area contributed by atoms with E-state index in [2.05, 4.69) is 23.7 Å². The molecule has 1 aliphatic rings. The van der Waals surface area contributed by atoms with Crippen LogP contribution >= 0.6 is 0 Å². The fourth-order valence-corrected chi connectivity index (χ4v) is 3.38. The highest BCUT2D eigenvalue weighted by atomic mass is 32.2. The van der Waals surface area contributed by atoms with Crippen molar-refractivity contribution in [2.75, 3.05) is 24.2 Å². The molecule has 1 aromatic heterocycles.